The van der Waals surface area contributed by atoms with Gasteiger partial charge in [0.15, 0.2) is 30.3 Å². The summed E-state index contributed by atoms with van der Waals surface area (Å²) in [5, 5.41) is -0.486. The average Bonchev–Trinajstić information content (AvgIpc) is 3.09. The lowest BCUT2D eigenvalue weighted by Gasteiger charge is -2.07. The number of sulfone groups is 3. The molecule has 0 radical (unpaired) electrons. The second-order valence-corrected chi connectivity index (χ2v) is 12.4. The van der Waals surface area contributed by atoms with Crippen molar-refractivity contribution in [1.82, 2.24) is 9.97 Å². The summed E-state index contributed by atoms with van der Waals surface area (Å²) in [5.41, 5.74) is -6.50. The largest absolute Gasteiger partial charge is 0.501 e. The molecule has 0 aliphatic heterocycles. The monoisotopic (exact) mass is 498 g/mol. The van der Waals surface area contributed by atoms with E-state index in [1.807, 2.05) is 0 Å². The summed E-state index contributed by atoms with van der Waals surface area (Å²) in [4.78, 5) is 6.17. The summed E-state index contributed by atoms with van der Waals surface area (Å²) in [5.74, 6) is -0.872. The Balaban J connectivity index is 2.29. The van der Waals surface area contributed by atoms with Gasteiger partial charge < -0.3 is 4.42 Å². The van der Waals surface area contributed by atoms with Gasteiger partial charge in [-0.1, -0.05) is 6.92 Å². The Labute approximate surface area is 174 Å². The van der Waals surface area contributed by atoms with Crippen LogP contribution in [0, 0.1) is 0 Å². The molecule has 2 aromatic heterocycles. The van der Waals surface area contributed by atoms with Crippen LogP contribution in [0.2, 0.25) is 0 Å². The normalized spacial score (nSPS) is 13.6. The molecule has 0 unspecified atom stereocenters. The number of oxazole rings is 1. The van der Waals surface area contributed by atoms with Gasteiger partial charge in [0.2, 0.25) is 5.89 Å². The number of rotatable bonds is 5. The quantitative estimate of drug-likeness (QED) is 0.518. The van der Waals surface area contributed by atoms with E-state index in [0.717, 1.165) is 24.5 Å². The first-order valence-electron chi connectivity index (χ1n) is 8.24. The second-order valence-electron chi connectivity index (χ2n) is 6.27. The molecule has 2 heterocycles. The van der Waals surface area contributed by atoms with Crippen molar-refractivity contribution in [2.45, 2.75) is 27.2 Å². The van der Waals surface area contributed by atoms with Crippen molar-refractivity contribution in [3.8, 4) is 11.6 Å². The lowest BCUT2D eigenvalue weighted by molar-refractivity contribution is -0.0436. The molecule has 0 spiro atoms. The minimum atomic E-state index is -5.66. The molecule has 31 heavy (non-hydrogen) atoms. The maximum Gasteiger partial charge on any atom is 0.501 e. The van der Waals surface area contributed by atoms with E-state index in [2.05, 4.69) is 9.97 Å². The molecule has 0 bridgehead atoms. The SMILES string of the molecule is CCS(=O)(=O)c1ccc(S(C)(=O)=O)nc1-c1nc2cc(S(=O)(=O)C(F)(F)F)ccc2o1. The number of hydrogen-bond donors (Lipinski definition) is 0. The van der Waals surface area contributed by atoms with E-state index in [-0.39, 0.29) is 16.9 Å². The minimum absolute atomic E-state index is 0.164. The van der Waals surface area contributed by atoms with Gasteiger partial charge in [-0.3, -0.25) is 0 Å². The molecule has 0 aliphatic rings. The number of pyridine rings is 1. The molecule has 0 saturated carbocycles. The number of nitrogens with zero attached hydrogens (tertiary/aromatic N) is 2. The summed E-state index contributed by atoms with van der Waals surface area (Å²) in [6.45, 7) is 1.34. The highest BCUT2D eigenvalue weighted by molar-refractivity contribution is 7.92. The van der Waals surface area contributed by atoms with Gasteiger partial charge >= 0.3 is 5.51 Å². The van der Waals surface area contributed by atoms with Crippen molar-refractivity contribution in [3.05, 3.63) is 30.3 Å². The molecule has 0 N–H and O–H groups in total. The van der Waals surface area contributed by atoms with E-state index in [9.17, 15) is 38.4 Å². The van der Waals surface area contributed by atoms with Crippen LogP contribution in [-0.4, -0.2) is 52.7 Å². The van der Waals surface area contributed by atoms with Crippen molar-refractivity contribution in [1.29, 1.82) is 0 Å². The standard InChI is InChI=1S/C16H13F3N2O7S3/c1-3-30(24,25)12-6-7-13(29(2,22)23)21-14(12)15-20-10-8-9(4-5-11(10)28-15)31(26,27)16(17,18)19/h4-8H,3H2,1-2H3. The van der Waals surface area contributed by atoms with Gasteiger partial charge in [-0.05, 0) is 30.3 Å². The molecule has 0 amide bonds. The zero-order chi connectivity index (χ0) is 23.4. The predicted molar refractivity (Wildman–Crippen MR) is 101 cm³/mol. The van der Waals surface area contributed by atoms with Gasteiger partial charge in [0.25, 0.3) is 9.84 Å². The Morgan fingerprint density at radius 2 is 1.61 bits per heavy atom. The molecule has 3 rings (SSSR count). The number of fused-ring (bicyclic) bond motifs is 1. The van der Waals surface area contributed by atoms with Crippen molar-refractivity contribution in [3.63, 3.8) is 0 Å². The lowest BCUT2D eigenvalue weighted by atomic mass is 10.3. The molecule has 9 nitrogen and oxygen atoms in total. The molecule has 168 valence electrons. The van der Waals surface area contributed by atoms with Gasteiger partial charge in [-0.15, -0.1) is 0 Å². The van der Waals surface area contributed by atoms with Crippen molar-refractivity contribution in [2.24, 2.45) is 0 Å². The van der Waals surface area contributed by atoms with Crippen molar-refractivity contribution in [2.75, 3.05) is 12.0 Å². The number of alkyl halides is 3. The third-order valence-corrected chi connectivity index (χ3v) is 8.34. The van der Waals surface area contributed by atoms with Crippen LogP contribution in [0.25, 0.3) is 22.7 Å². The zero-order valence-electron chi connectivity index (χ0n) is 15.7. The van der Waals surface area contributed by atoms with Gasteiger partial charge in [0.1, 0.15) is 11.2 Å². The number of hydrogen-bond acceptors (Lipinski definition) is 9. The highest BCUT2D eigenvalue weighted by Crippen LogP contribution is 2.34. The maximum atomic E-state index is 12.8. The van der Waals surface area contributed by atoms with Crippen LogP contribution in [0.5, 0.6) is 0 Å². The molecular weight excluding hydrogens is 485 g/mol. The van der Waals surface area contributed by atoms with Crippen LogP contribution in [-0.2, 0) is 29.5 Å². The van der Waals surface area contributed by atoms with Gasteiger partial charge in [-0.25, -0.2) is 35.2 Å². The Morgan fingerprint density at radius 3 is 2.16 bits per heavy atom. The van der Waals surface area contributed by atoms with Gasteiger partial charge in [0, 0.05) is 6.26 Å². The fourth-order valence-electron chi connectivity index (χ4n) is 2.50. The van der Waals surface area contributed by atoms with Crippen LogP contribution in [0.15, 0.2) is 49.6 Å². The first-order chi connectivity index (χ1) is 14.1. The Kier molecular flexibility index (Phi) is 5.43. The van der Waals surface area contributed by atoms with E-state index in [0.29, 0.717) is 12.1 Å². The number of benzene rings is 1. The van der Waals surface area contributed by atoms with Crippen molar-refractivity contribution < 1.29 is 42.8 Å². The van der Waals surface area contributed by atoms with E-state index in [1.54, 1.807) is 0 Å². The van der Waals surface area contributed by atoms with E-state index >= 15 is 0 Å². The highest BCUT2D eigenvalue weighted by atomic mass is 32.2. The Hall–Kier alpha value is -2.52. The smallest absolute Gasteiger partial charge is 0.435 e. The van der Waals surface area contributed by atoms with Crippen LogP contribution < -0.4 is 0 Å². The Morgan fingerprint density at radius 1 is 0.968 bits per heavy atom. The third-order valence-electron chi connectivity index (χ3n) is 4.10. The zero-order valence-corrected chi connectivity index (χ0v) is 18.2. The topological polar surface area (TPSA) is 141 Å². The molecule has 3 aromatic rings. The van der Waals surface area contributed by atoms with Crippen LogP contribution in [0.4, 0.5) is 13.2 Å². The number of aromatic nitrogens is 2. The number of halogens is 3. The van der Waals surface area contributed by atoms with Gasteiger partial charge in [-0.2, -0.15) is 13.2 Å². The molecule has 15 heteroatoms. The first kappa shape index (κ1) is 23.1. The molecule has 0 saturated heterocycles. The second kappa shape index (κ2) is 7.27. The molecule has 0 aliphatic carbocycles. The summed E-state index contributed by atoms with van der Waals surface area (Å²) in [6.07, 6.45) is 0.841. The molecule has 0 fully saturated rings. The van der Waals surface area contributed by atoms with E-state index < -0.39 is 61.4 Å². The van der Waals surface area contributed by atoms with E-state index in [1.165, 1.54) is 6.92 Å². The summed E-state index contributed by atoms with van der Waals surface area (Å²) >= 11 is 0. The first-order valence-corrected chi connectivity index (χ1v) is 13.3. The highest BCUT2D eigenvalue weighted by Gasteiger charge is 2.47. The molecular formula is C16H13F3N2O7S3. The van der Waals surface area contributed by atoms with Gasteiger partial charge in [0.05, 0.1) is 15.5 Å². The fourth-order valence-corrected chi connectivity index (χ4v) is 4.87. The molecule has 1 aromatic carbocycles. The van der Waals surface area contributed by atoms with Crippen LogP contribution in [0.3, 0.4) is 0 Å². The molecule has 0 atom stereocenters. The minimum Gasteiger partial charge on any atom is -0.435 e. The van der Waals surface area contributed by atoms with Crippen molar-refractivity contribution >= 4 is 40.6 Å². The maximum absolute atomic E-state index is 12.8. The van der Waals surface area contributed by atoms with Crippen LogP contribution >= 0.6 is 0 Å². The van der Waals surface area contributed by atoms with E-state index in [4.69, 9.17) is 4.42 Å². The van der Waals surface area contributed by atoms with Crippen LogP contribution in [0.1, 0.15) is 6.92 Å². The predicted octanol–water partition coefficient (Wildman–Crippen LogP) is 2.38. The third kappa shape index (κ3) is 4.16. The summed E-state index contributed by atoms with van der Waals surface area (Å²) in [6, 6.07) is 4.17. The summed E-state index contributed by atoms with van der Waals surface area (Å²) < 4.78 is 115. The average molecular weight is 498 g/mol. The lowest BCUT2D eigenvalue weighted by Crippen LogP contribution is -2.23. The summed E-state index contributed by atoms with van der Waals surface area (Å²) in [7, 11) is -13.4. The Bertz CT molecular complexity index is 1510. The fraction of sp³-hybridized carbons (Fsp3) is 0.250.